The zero-order chi connectivity index (χ0) is 18.3. The first kappa shape index (κ1) is 17.5. The lowest BCUT2D eigenvalue weighted by Crippen LogP contribution is -2.49. The molecule has 2 aromatic rings. The summed E-state index contributed by atoms with van der Waals surface area (Å²) in [5.74, 6) is -0.543. The van der Waals surface area contributed by atoms with Gasteiger partial charge in [0.2, 0.25) is 0 Å². The molecule has 0 radical (unpaired) electrons. The number of nitrogen functional groups attached to an aromatic ring is 1. The molecule has 25 heavy (non-hydrogen) atoms. The SMILES string of the molecule is CC(C)NC(=O)C(O)[C@H]1O[C@@H](n2cnc3c(N)ncnc32)[C@H](O)[C@@H]1O. The van der Waals surface area contributed by atoms with Crippen molar-refractivity contribution in [1.82, 2.24) is 24.8 Å². The zero-order valence-electron chi connectivity index (χ0n) is 13.6. The Morgan fingerprint density at radius 2 is 2.04 bits per heavy atom. The molecule has 2 aromatic heterocycles. The number of carbonyl (C=O) groups is 1. The first-order valence-corrected chi connectivity index (χ1v) is 7.74. The van der Waals surface area contributed by atoms with Gasteiger partial charge in [-0.3, -0.25) is 9.36 Å². The number of fused-ring (bicyclic) bond motifs is 1. The summed E-state index contributed by atoms with van der Waals surface area (Å²) < 4.78 is 6.92. The minimum Gasteiger partial charge on any atom is -0.387 e. The molecule has 0 aromatic carbocycles. The molecule has 11 nitrogen and oxygen atoms in total. The number of anilines is 1. The summed E-state index contributed by atoms with van der Waals surface area (Å²) in [6.07, 6.45) is -4.37. The number of nitrogens with two attached hydrogens (primary N) is 1. The first-order chi connectivity index (χ1) is 11.8. The molecule has 1 aliphatic heterocycles. The van der Waals surface area contributed by atoms with Crippen molar-refractivity contribution in [2.75, 3.05) is 5.73 Å². The highest BCUT2D eigenvalue weighted by Crippen LogP contribution is 2.33. The number of ether oxygens (including phenoxy) is 1. The van der Waals surface area contributed by atoms with Crippen LogP contribution in [0.25, 0.3) is 11.2 Å². The van der Waals surface area contributed by atoms with Crippen molar-refractivity contribution in [2.24, 2.45) is 0 Å². The van der Waals surface area contributed by atoms with Crippen LogP contribution >= 0.6 is 0 Å². The van der Waals surface area contributed by atoms with Gasteiger partial charge in [-0.15, -0.1) is 0 Å². The second-order valence-corrected chi connectivity index (χ2v) is 6.16. The van der Waals surface area contributed by atoms with Crippen LogP contribution < -0.4 is 11.1 Å². The predicted molar refractivity (Wildman–Crippen MR) is 84.9 cm³/mol. The number of amides is 1. The van der Waals surface area contributed by atoms with Crippen LogP contribution in [0, 0.1) is 0 Å². The largest absolute Gasteiger partial charge is 0.387 e. The average molecular weight is 352 g/mol. The number of aliphatic hydroxyl groups is 3. The molecule has 1 amide bonds. The van der Waals surface area contributed by atoms with E-state index in [-0.39, 0.29) is 11.9 Å². The molecule has 0 bridgehead atoms. The Bertz CT molecular complexity index is 780. The molecular formula is C14H20N6O5. The molecule has 6 N–H and O–H groups in total. The molecule has 0 aliphatic carbocycles. The maximum absolute atomic E-state index is 12.0. The highest BCUT2D eigenvalue weighted by molar-refractivity contribution is 5.82. The molecule has 1 fully saturated rings. The topological polar surface area (TPSA) is 169 Å². The van der Waals surface area contributed by atoms with E-state index in [1.165, 1.54) is 17.2 Å². The van der Waals surface area contributed by atoms with E-state index in [1.807, 2.05) is 0 Å². The van der Waals surface area contributed by atoms with Gasteiger partial charge in [-0.25, -0.2) is 15.0 Å². The van der Waals surface area contributed by atoms with Gasteiger partial charge < -0.3 is 31.1 Å². The maximum Gasteiger partial charge on any atom is 0.251 e. The van der Waals surface area contributed by atoms with E-state index in [9.17, 15) is 20.1 Å². The zero-order valence-corrected chi connectivity index (χ0v) is 13.6. The van der Waals surface area contributed by atoms with Gasteiger partial charge in [0.05, 0.1) is 6.33 Å². The van der Waals surface area contributed by atoms with E-state index in [2.05, 4.69) is 20.3 Å². The van der Waals surface area contributed by atoms with Crippen molar-refractivity contribution < 1.29 is 24.9 Å². The molecule has 3 rings (SSSR count). The van der Waals surface area contributed by atoms with E-state index in [1.54, 1.807) is 13.8 Å². The van der Waals surface area contributed by atoms with Gasteiger partial charge in [0.15, 0.2) is 23.8 Å². The number of hydrogen-bond acceptors (Lipinski definition) is 9. The highest BCUT2D eigenvalue weighted by Gasteiger charge is 2.49. The maximum atomic E-state index is 12.0. The van der Waals surface area contributed by atoms with Crippen LogP contribution in [0.2, 0.25) is 0 Å². The molecule has 11 heteroatoms. The van der Waals surface area contributed by atoms with Gasteiger partial charge in [0.25, 0.3) is 5.91 Å². The van der Waals surface area contributed by atoms with Crippen LogP contribution in [-0.2, 0) is 9.53 Å². The number of aliphatic hydroxyl groups excluding tert-OH is 3. The predicted octanol–water partition coefficient (Wildman–Crippen LogP) is -2.09. The van der Waals surface area contributed by atoms with Crippen molar-refractivity contribution in [2.45, 2.75) is 50.5 Å². The van der Waals surface area contributed by atoms with Crippen molar-refractivity contribution in [1.29, 1.82) is 0 Å². The van der Waals surface area contributed by atoms with Crippen molar-refractivity contribution in [3.63, 3.8) is 0 Å². The van der Waals surface area contributed by atoms with E-state index >= 15 is 0 Å². The summed E-state index contributed by atoms with van der Waals surface area (Å²) in [6.45, 7) is 3.46. The Morgan fingerprint density at radius 1 is 1.32 bits per heavy atom. The minimum absolute atomic E-state index is 0.157. The normalized spacial score (nSPS) is 27.8. The second kappa shape index (κ2) is 6.52. The third kappa shape index (κ3) is 3.02. The van der Waals surface area contributed by atoms with Crippen molar-refractivity contribution in [3.8, 4) is 0 Å². The van der Waals surface area contributed by atoms with Crippen LogP contribution in [-0.4, -0.2) is 71.2 Å². The van der Waals surface area contributed by atoms with E-state index in [4.69, 9.17) is 10.5 Å². The van der Waals surface area contributed by atoms with Gasteiger partial charge in [-0.05, 0) is 13.8 Å². The molecule has 0 saturated carbocycles. The molecule has 3 heterocycles. The Kier molecular flexibility index (Phi) is 4.56. The van der Waals surface area contributed by atoms with Crippen LogP contribution in [0.5, 0.6) is 0 Å². The summed E-state index contributed by atoms with van der Waals surface area (Å²) in [4.78, 5) is 23.9. The van der Waals surface area contributed by atoms with Crippen LogP contribution in [0.4, 0.5) is 5.82 Å². The van der Waals surface area contributed by atoms with Gasteiger partial charge in [0.1, 0.15) is 30.2 Å². The minimum atomic E-state index is -1.65. The fourth-order valence-electron chi connectivity index (χ4n) is 2.75. The number of nitrogens with zero attached hydrogens (tertiary/aromatic N) is 4. The van der Waals surface area contributed by atoms with Gasteiger partial charge in [0, 0.05) is 6.04 Å². The number of carbonyl (C=O) groups excluding carboxylic acids is 1. The van der Waals surface area contributed by atoms with Crippen molar-refractivity contribution in [3.05, 3.63) is 12.7 Å². The number of rotatable bonds is 4. The van der Waals surface area contributed by atoms with Gasteiger partial charge in [-0.1, -0.05) is 0 Å². The molecule has 0 spiro atoms. The Labute approximate surface area is 142 Å². The number of hydrogen-bond donors (Lipinski definition) is 5. The average Bonchev–Trinajstić information content (AvgIpc) is 3.10. The van der Waals surface area contributed by atoms with E-state index < -0.39 is 36.6 Å². The van der Waals surface area contributed by atoms with E-state index in [0.29, 0.717) is 11.2 Å². The summed E-state index contributed by atoms with van der Waals surface area (Å²) in [6, 6.07) is -0.196. The summed E-state index contributed by atoms with van der Waals surface area (Å²) in [7, 11) is 0. The lowest BCUT2D eigenvalue weighted by molar-refractivity contribution is -0.143. The summed E-state index contributed by atoms with van der Waals surface area (Å²) in [5, 5.41) is 33.2. The Morgan fingerprint density at radius 3 is 2.72 bits per heavy atom. The van der Waals surface area contributed by atoms with Gasteiger partial charge >= 0.3 is 0 Å². The number of imidazole rings is 1. The van der Waals surface area contributed by atoms with Gasteiger partial charge in [-0.2, -0.15) is 0 Å². The third-order valence-electron chi connectivity index (χ3n) is 3.95. The summed E-state index contributed by atoms with van der Waals surface area (Å²) in [5.41, 5.74) is 6.33. The lowest BCUT2D eigenvalue weighted by atomic mass is 10.0. The smallest absolute Gasteiger partial charge is 0.251 e. The van der Waals surface area contributed by atoms with Crippen molar-refractivity contribution >= 4 is 22.9 Å². The molecular weight excluding hydrogens is 332 g/mol. The number of nitrogens with one attached hydrogen (secondary N) is 1. The number of aromatic nitrogens is 4. The fraction of sp³-hybridized carbons (Fsp3) is 0.571. The fourth-order valence-corrected chi connectivity index (χ4v) is 2.75. The van der Waals surface area contributed by atoms with E-state index in [0.717, 1.165) is 0 Å². The first-order valence-electron chi connectivity index (χ1n) is 7.74. The van der Waals surface area contributed by atoms with Crippen LogP contribution in [0.1, 0.15) is 20.1 Å². The monoisotopic (exact) mass is 352 g/mol. The Balaban J connectivity index is 1.87. The quantitative estimate of drug-likeness (QED) is 0.414. The molecule has 1 saturated heterocycles. The molecule has 136 valence electrons. The summed E-state index contributed by atoms with van der Waals surface area (Å²) >= 11 is 0. The van der Waals surface area contributed by atoms with Crippen LogP contribution in [0.15, 0.2) is 12.7 Å². The lowest BCUT2D eigenvalue weighted by Gasteiger charge is -2.21. The van der Waals surface area contributed by atoms with Crippen LogP contribution in [0.3, 0.4) is 0 Å². The highest BCUT2D eigenvalue weighted by atomic mass is 16.6. The third-order valence-corrected chi connectivity index (χ3v) is 3.95. The molecule has 1 aliphatic rings. The second-order valence-electron chi connectivity index (χ2n) is 6.16. The Hall–Kier alpha value is -2.34. The standard InChI is InChI=1S/C14H20N6O5/c1-5(2)19-13(24)9(23)10-7(21)8(22)14(25-10)20-4-18-6-11(15)16-3-17-12(6)20/h3-5,7-10,14,21-23H,1-2H3,(H,19,24)(H2,15,16,17)/t7-,8+,9?,10-,14+/m0/s1. The molecule has 5 atom stereocenters. The molecule has 1 unspecified atom stereocenters.